The molecule has 0 aliphatic heterocycles. The van der Waals surface area contributed by atoms with E-state index in [0.29, 0.717) is 23.9 Å². The number of H-pyrrole nitrogens is 1. The summed E-state index contributed by atoms with van der Waals surface area (Å²) >= 11 is 5.84. The highest BCUT2D eigenvalue weighted by atomic mass is 35.5. The summed E-state index contributed by atoms with van der Waals surface area (Å²) in [6.45, 7) is 0.899. The van der Waals surface area contributed by atoms with Crippen molar-refractivity contribution in [3.05, 3.63) is 81.5 Å². The minimum atomic E-state index is -0.211. The third-order valence-electron chi connectivity index (χ3n) is 3.21. The lowest BCUT2D eigenvalue weighted by atomic mass is 10.2. The predicted molar refractivity (Wildman–Crippen MR) is 87.2 cm³/mol. The summed E-state index contributed by atoms with van der Waals surface area (Å²) in [5.74, 6) is 0.593. The van der Waals surface area contributed by atoms with Crippen LogP contribution < -0.4 is 11.0 Å². The average molecular weight is 315 g/mol. The highest BCUT2D eigenvalue weighted by Crippen LogP contribution is 2.13. The summed E-state index contributed by atoms with van der Waals surface area (Å²) < 4.78 is 1.42. The highest BCUT2D eigenvalue weighted by Gasteiger charge is 2.05. The smallest absolute Gasteiger partial charge is 0.343 e. The largest absolute Gasteiger partial charge is 0.378 e. The van der Waals surface area contributed by atoms with Crippen LogP contribution in [0.3, 0.4) is 0 Å². The van der Waals surface area contributed by atoms with Crippen LogP contribution in [0.15, 0.2) is 59.4 Å². The van der Waals surface area contributed by atoms with Crippen molar-refractivity contribution in [1.82, 2.24) is 14.8 Å². The maximum Gasteiger partial charge on any atom is 0.343 e. The molecule has 0 unspecified atom stereocenters. The second-order valence-electron chi connectivity index (χ2n) is 4.88. The van der Waals surface area contributed by atoms with Crippen LogP contribution in [0.25, 0.3) is 0 Å². The zero-order valence-electron chi connectivity index (χ0n) is 11.8. The first-order valence-electron chi connectivity index (χ1n) is 6.90. The molecule has 0 fully saturated rings. The second-order valence-corrected chi connectivity index (χ2v) is 5.32. The van der Waals surface area contributed by atoms with Gasteiger partial charge in [0.15, 0.2) is 0 Å². The number of aromatic nitrogens is 3. The molecule has 3 rings (SSSR count). The molecule has 0 atom stereocenters. The van der Waals surface area contributed by atoms with Crippen molar-refractivity contribution < 1.29 is 0 Å². The monoisotopic (exact) mass is 314 g/mol. The SMILES string of the molecule is O=c1[nH]c(CNc2ccc(Cl)cc2)nn1Cc1ccccc1. The van der Waals surface area contributed by atoms with E-state index in [9.17, 15) is 4.79 Å². The molecule has 2 aromatic carbocycles. The van der Waals surface area contributed by atoms with Crippen LogP contribution in [0.1, 0.15) is 11.4 Å². The van der Waals surface area contributed by atoms with Gasteiger partial charge in [-0.2, -0.15) is 5.10 Å². The fourth-order valence-electron chi connectivity index (χ4n) is 2.10. The highest BCUT2D eigenvalue weighted by molar-refractivity contribution is 6.30. The molecule has 0 aliphatic carbocycles. The molecular formula is C16H15ClN4O. The van der Waals surface area contributed by atoms with E-state index >= 15 is 0 Å². The topological polar surface area (TPSA) is 62.7 Å². The Labute approximate surface area is 132 Å². The number of aromatic amines is 1. The first-order chi connectivity index (χ1) is 10.7. The van der Waals surface area contributed by atoms with E-state index in [2.05, 4.69) is 15.4 Å². The second kappa shape index (κ2) is 6.49. The number of hydrogen-bond donors (Lipinski definition) is 2. The third-order valence-corrected chi connectivity index (χ3v) is 3.46. The molecule has 22 heavy (non-hydrogen) atoms. The van der Waals surface area contributed by atoms with Crippen molar-refractivity contribution in [2.75, 3.05) is 5.32 Å². The fourth-order valence-corrected chi connectivity index (χ4v) is 2.23. The number of rotatable bonds is 5. The molecule has 0 bridgehead atoms. The van der Waals surface area contributed by atoms with Gasteiger partial charge in [-0.05, 0) is 29.8 Å². The maximum atomic E-state index is 11.9. The van der Waals surface area contributed by atoms with E-state index < -0.39 is 0 Å². The molecule has 112 valence electrons. The van der Waals surface area contributed by atoms with E-state index in [1.54, 1.807) is 12.1 Å². The van der Waals surface area contributed by atoms with Gasteiger partial charge in [-0.3, -0.25) is 4.98 Å². The van der Waals surface area contributed by atoms with Crippen LogP contribution in [0.5, 0.6) is 0 Å². The number of nitrogens with one attached hydrogen (secondary N) is 2. The van der Waals surface area contributed by atoms with E-state index in [0.717, 1.165) is 11.3 Å². The standard InChI is InChI=1S/C16H15ClN4O/c17-13-6-8-14(9-7-13)18-10-15-19-16(22)21(20-15)11-12-4-2-1-3-5-12/h1-9,18H,10-11H2,(H,19,20,22). The van der Waals surface area contributed by atoms with Gasteiger partial charge < -0.3 is 5.32 Å². The van der Waals surface area contributed by atoms with Gasteiger partial charge in [-0.25, -0.2) is 9.48 Å². The Morgan fingerprint density at radius 2 is 1.82 bits per heavy atom. The van der Waals surface area contributed by atoms with Gasteiger partial charge in [0.2, 0.25) is 0 Å². The summed E-state index contributed by atoms with van der Waals surface area (Å²) in [5.41, 5.74) is 1.74. The number of nitrogens with zero attached hydrogens (tertiary/aromatic N) is 2. The van der Waals surface area contributed by atoms with E-state index in [4.69, 9.17) is 11.6 Å². The first-order valence-corrected chi connectivity index (χ1v) is 7.28. The molecule has 0 spiro atoms. The molecule has 6 heteroatoms. The van der Waals surface area contributed by atoms with Crippen molar-refractivity contribution in [2.24, 2.45) is 0 Å². The van der Waals surface area contributed by atoms with Gasteiger partial charge in [0, 0.05) is 10.7 Å². The van der Waals surface area contributed by atoms with Gasteiger partial charge in [-0.1, -0.05) is 41.9 Å². The van der Waals surface area contributed by atoms with Crippen molar-refractivity contribution in [3.63, 3.8) is 0 Å². The van der Waals surface area contributed by atoms with Gasteiger partial charge >= 0.3 is 5.69 Å². The molecule has 0 amide bonds. The van der Waals surface area contributed by atoms with Crippen LogP contribution in [0, 0.1) is 0 Å². The Bertz CT molecular complexity index is 793. The molecule has 2 N–H and O–H groups in total. The quantitative estimate of drug-likeness (QED) is 0.761. The van der Waals surface area contributed by atoms with E-state index in [1.807, 2.05) is 42.5 Å². The number of anilines is 1. The zero-order valence-corrected chi connectivity index (χ0v) is 12.5. The summed E-state index contributed by atoms with van der Waals surface area (Å²) in [6, 6.07) is 17.1. The van der Waals surface area contributed by atoms with Crippen molar-refractivity contribution in [2.45, 2.75) is 13.1 Å². The molecular weight excluding hydrogens is 300 g/mol. The molecule has 3 aromatic rings. The number of benzene rings is 2. The summed E-state index contributed by atoms with van der Waals surface area (Å²) in [6.07, 6.45) is 0. The lowest BCUT2D eigenvalue weighted by molar-refractivity contribution is 0.651. The Balaban J connectivity index is 1.67. The van der Waals surface area contributed by atoms with E-state index in [1.165, 1.54) is 4.68 Å². The van der Waals surface area contributed by atoms with E-state index in [-0.39, 0.29) is 5.69 Å². The molecule has 0 saturated carbocycles. The first kappa shape index (κ1) is 14.4. The average Bonchev–Trinajstić information content (AvgIpc) is 2.88. The summed E-state index contributed by atoms with van der Waals surface area (Å²) in [5, 5.41) is 8.17. The Morgan fingerprint density at radius 1 is 1.09 bits per heavy atom. The Kier molecular flexibility index (Phi) is 4.25. The normalized spacial score (nSPS) is 10.6. The van der Waals surface area contributed by atoms with Crippen LogP contribution in [-0.4, -0.2) is 14.8 Å². The Morgan fingerprint density at radius 3 is 2.55 bits per heavy atom. The number of halogens is 1. The van der Waals surface area contributed by atoms with Crippen molar-refractivity contribution >= 4 is 17.3 Å². The van der Waals surface area contributed by atoms with Crippen molar-refractivity contribution in [1.29, 1.82) is 0 Å². The van der Waals surface area contributed by atoms with Gasteiger partial charge in [0.1, 0.15) is 5.82 Å². The molecule has 5 nitrogen and oxygen atoms in total. The molecule has 1 heterocycles. The lowest BCUT2D eigenvalue weighted by Crippen LogP contribution is -2.18. The summed E-state index contributed by atoms with van der Waals surface area (Å²) in [7, 11) is 0. The van der Waals surface area contributed by atoms with Gasteiger partial charge in [-0.15, -0.1) is 0 Å². The fraction of sp³-hybridized carbons (Fsp3) is 0.125. The van der Waals surface area contributed by atoms with Crippen LogP contribution in [-0.2, 0) is 13.1 Å². The molecule has 0 radical (unpaired) electrons. The number of hydrogen-bond acceptors (Lipinski definition) is 3. The molecule has 1 aromatic heterocycles. The van der Waals surface area contributed by atoms with Crippen molar-refractivity contribution in [3.8, 4) is 0 Å². The molecule has 0 saturated heterocycles. The van der Waals surface area contributed by atoms with Crippen LogP contribution in [0.2, 0.25) is 5.02 Å². The van der Waals surface area contributed by atoms with Crippen LogP contribution >= 0.6 is 11.6 Å². The Hall–Kier alpha value is -2.53. The van der Waals surface area contributed by atoms with Gasteiger partial charge in [0.05, 0.1) is 13.1 Å². The molecule has 0 aliphatic rings. The third kappa shape index (κ3) is 3.56. The maximum absolute atomic E-state index is 11.9. The minimum absolute atomic E-state index is 0.211. The summed E-state index contributed by atoms with van der Waals surface area (Å²) in [4.78, 5) is 14.7. The van der Waals surface area contributed by atoms with Crippen LogP contribution in [0.4, 0.5) is 5.69 Å². The predicted octanol–water partition coefficient (Wildman–Crippen LogP) is 2.89. The minimum Gasteiger partial charge on any atom is -0.378 e. The lowest BCUT2D eigenvalue weighted by Gasteiger charge is -2.03. The van der Waals surface area contributed by atoms with Gasteiger partial charge in [0.25, 0.3) is 0 Å². The zero-order chi connectivity index (χ0) is 15.4.